The van der Waals surface area contributed by atoms with Crippen LogP contribution >= 0.6 is 0 Å². The van der Waals surface area contributed by atoms with Crippen LogP contribution in [0.25, 0.3) is 0 Å². The van der Waals surface area contributed by atoms with Gasteiger partial charge < -0.3 is 10.2 Å². The molecule has 3 nitrogen and oxygen atoms in total. The van der Waals surface area contributed by atoms with E-state index in [-0.39, 0.29) is 6.42 Å². The Labute approximate surface area is 92.5 Å². The Morgan fingerprint density at radius 3 is 2.40 bits per heavy atom. The van der Waals surface area contributed by atoms with Crippen molar-refractivity contribution in [1.29, 1.82) is 0 Å². The molecule has 0 spiro atoms. The number of aliphatic hydroxyl groups excluding tert-OH is 1. The van der Waals surface area contributed by atoms with Gasteiger partial charge in [0, 0.05) is 0 Å². The van der Waals surface area contributed by atoms with Crippen LogP contribution < -0.4 is 0 Å². The summed E-state index contributed by atoms with van der Waals surface area (Å²) in [4.78, 5) is 10.3. The summed E-state index contributed by atoms with van der Waals surface area (Å²) in [7, 11) is 0. The van der Waals surface area contributed by atoms with E-state index in [0.717, 1.165) is 12.8 Å². The number of carbonyl (C=O) groups is 1. The summed E-state index contributed by atoms with van der Waals surface area (Å²) in [5.41, 5.74) is 0.317. The van der Waals surface area contributed by atoms with E-state index < -0.39 is 12.1 Å². The van der Waals surface area contributed by atoms with Crippen LogP contribution in [0.5, 0.6) is 0 Å². The van der Waals surface area contributed by atoms with E-state index in [1.165, 1.54) is 12.8 Å². The molecule has 1 atom stereocenters. The zero-order chi connectivity index (χ0) is 11.9. The summed E-state index contributed by atoms with van der Waals surface area (Å²) in [6, 6.07) is 0. The molecule has 0 aromatic heterocycles. The molecule has 0 saturated carbocycles. The first-order chi connectivity index (χ1) is 6.87. The molecule has 0 saturated heterocycles. The lowest BCUT2D eigenvalue weighted by atomic mass is 9.82. The summed E-state index contributed by atoms with van der Waals surface area (Å²) in [6.07, 6.45) is 4.10. The molecule has 0 fully saturated rings. The maximum Gasteiger partial charge on any atom is 0.305 e. The smallest absolute Gasteiger partial charge is 0.305 e. The molecule has 0 aliphatic carbocycles. The van der Waals surface area contributed by atoms with Gasteiger partial charge in [0.25, 0.3) is 0 Å². The normalized spacial score (nSPS) is 13.9. The number of hydrogen-bond acceptors (Lipinski definition) is 2. The van der Waals surface area contributed by atoms with Crippen molar-refractivity contribution >= 4 is 5.97 Å². The minimum Gasteiger partial charge on any atom is -0.481 e. The van der Waals surface area contributed by atoms with Crippen LogP contribution in [0.3, 0.4) is 0 Å². The number of carboxylic acid groups (broad SMARTS) is 1. The lowest BCUT2D eigenvalue weighted by molar-refractivity contribution is -0.139. The number of aliphatic hydroxyl groups is 1. The minimum absolute atomic E-state index is 0.131. The Morgan fingerprint density at radius 2 is 1.93 bits per heavy atom. The van der Waals surface area contributed by atoms with Crippen molar-refractivity contribution in [2.24, 2.45) is 5.41 Å². The van der Waals surface area contributed by atoms with Crippen molar-refractivity contribution in [2.75, 3.05) is 0 Å². The zero-order valence-electron chi connectivity index (χ0n) is 10.1. The molecule has 0 bridgehead atoms. The van der Waals surface area contributed by atoms with Gasteiger partial charge in [-0.05, 0) is 24.7 Å². The maximum absolute atomic E-state index is 10.3. The second-order valence-electron chi connectivity index (χ2n) is 5.06. The highest BCUT2D eigenvalue weighted by atomic mass is 16.4. The molecule has 0 rings (SSSR count). The third-order valence-electron chi connectivity index (χ3n) is 2.73. The average Bonchev–Trinajstić information content (AvgIpc) is 2.01. The van der Waals surface area contributed by atoms with Crippen molar-refractivity contribution in [1.82, 2.24) is 0 Å². The Hall–Kier alpha value is -0.570. The van der Waals surface area contributed by atoms with E-state index in [9.17, 15) is 9.90 Å². The van der Waals surface area contributed by atoms with E-state index in [1.807, 2.05) is 0 Å². The fourth-order valence-corrected chi connectivity index (χ4v) is 1.92. The molecule has 15 heavy (non-hydrogen) atoms. The van der Waals surface area contributed by atoms with Crippen LogP contribution in [-0.4, -0.2) is 22.3 Å². The second-order valence-corrected chi connectivity index (χ2v) is 5.06. The van der Waals surface area contributed by atoms with Gasteiger partial charge in [-0.15, -0.1) is 0 Å². The second kappa shape index (κ2) is 6.83. The number of aliphatic carboxylic acids is 1. The van der Waals surface area contributed by atoms with Crippen LogP contribution in [0.2, 0.25) is 0 Å². The highest BCUT2D eigenvalue weighted by Crippen LogP contribution is 2.29. The fourth-order valence-electron chi connectivity index (χ4n) is 1.92. The third kappa shape index (κ3) is 8.43. The molecule has 0 heterocycles. The van der Waals surface area contributed by atoms with E-state index >= 15 is 0 Å². The topological polar surface area (TPSA) is 57.5 Å². The molecule has 0 radical (unpaired) electrons. The molecular weight excluding hydrogens is 192 g/mol. The van der Waals surface area contributed by atoms with Crippen molar-refractivity contribution in [2.45, 2.75) is 65.4 Å². The molecule has 0 aliphatic rings. The van der Waals surface area contributed by atoms with Gasteiger partial charge in [0.15, 0.2) is 0 Å². The molecule has 0 aliphatic heterocycles. The summed E-state index contributed by atoms with van der Waals surface area (Å²) >= 11 is 0. The third-order valence-corrected chi connectivity index (χ3v) is 2.73. The Bertz CT molecular complexity index is 187. The molecule has 1 unspecified atom stereocenters. The van der Waals surface area contributed by atoms with Crippen molar-refractivity contribution in [3.63, 3.8) is 0 Å². The fraction of sp³-hybridized carbons (Fsp3) is 0.917. The molecule has 3 heteroatoms. The van der Waals surface area contributed by atoms with Crippen molar-refractivity contribution < 1.29 is 15.0 Å². The monoisotopic (exact) mass is 216 g/mol. The highest BCUT2D eigenvalue weighted by Gasteiger charge is 2.17. The van der Waals surface area contributed by atoms with E-state index in [4.69, 9.17) is 5.11 Å². The van der Waals surface area contributed by atoms with Gasteiger partial charge in [0.05, 0.1) is 12.5 Å². The van der Waals surface area contributed by atoms with Gasteiger partial charge in [-0.25, -0.2) is 0 Å². The van der Waals surface area contributed by atoms with Crippen LogP contribution in [0.15, 0.2) is 0 Å². The van der Waals surface area contributed by atoms with Crippen LogP contribution in [0, 0.1) is 5.41 Å². The quantitative estimate of drug-likeness (QED) is 0.656. The van der Waals surface area contributed by atoms with Gasteiger partial charge in [0.1, 0.15) is 0 Å². The van der Waals surface area contributed by atoms with Gasteiger partial charge in [-0.1, -0.05) is 33.6 Å². The first kappa shape index (κ1) is 14.4. The van der Waals surface area contributed by atoms with E-state index in [1.54, 1.807) is 0 Å². The van der Waals surface area contributed by atoms with Crippen LogP contribution in [-0.2, 0) is 4.79 Å². The van der Waals surface area contributed by atoms with Crippen LogP contribution in [0.4, 0.5) is 0 Å². The molecule has 0 aromatic carbocycles. The zero-order valence-corrected chi connectivity index (χ0v) is 10.1. The van der Waals surface area contributed by atoms with Gasteiger partial charge >= 0.3 is 5.97 Å². The average molecular weight is 216 g/mol. The predicted octanol–water partition coefficient (Wildman–Crippen LogP) is 2.82. The van der Waals surface area contributed by atoms with Gasteiger partial charge in [-0.2, -0.15) is 0 Å². The summed E-state index contributed by atoms with van der Waals surface area (Å²) < 4.78 is 0. The largest absolute Gasteiger partial charge is 0.481 e. The highest BCUT2D eigenvalue weighted by molar-refractivity contribution is 5.67. The number of hydrogen-bond donors (Lipinski definition) is 2. The number of rotatable bonds is 8. The van der Waals surface area contributed by atoms with E-state index in [0.29, 0.717) is 11.8 Å². The Balaban J connectivity index is 3.64. The molecule has 0 aromatic rings. The van der Waals surface area contributed by atoms with Gasteiger partial charge in [0.2, 0.25) is 0 Å². The van der Waals surface area contributed by atoms with Crippen molar-refractivity contribution in [3.8, 4) is 0 Å². The Morgan fingerprint density at radius 1 is 1.33 bits per heavy atom. The SMILES string of the molecule is CCCC(C)(C)CCCC(O)CC(=O)O. The summed E-state index contributed by atoms with van der Waals surface area (Å²) in [5, 5.41) is 17.8. The first-order valence-corrected chi connectivity index (χ1v) is 5.77. The van der Waals surface area contributed by atoms with E-state index in [2.05, 4.69) is 20.8 Å². The maximum atomic E-state index is 10.3. The standard InChI is InChI=1S/C12H24O3/c1-4-7-12(2,3)8-5-6-10(13)9-11(14)15/h10,13H,4-9H2,1-3H3,(H,14,15). The lowest BCUT2D eigenvalue weighted by Gasteiger charge is -2.24. The summed E-state index contributed by atoms with van der Waals surface area (Å²) in [6.45, 7) is 6.61. The number of carboxylic acids is 1. The molecule has 2 N–H and O–H groups in total. The molecule has 0 amide bonds. The summed E-state index contributed by atoms with van der Waals surface area (Å²) in [5.74, 6) is -0.921. The van der Waals surface area contributed by atoms with Gasteiger partial charge in [-0.3, -0.25) is 4.79 Å². The molecule has 90 valence electrons. The predicted molar refractivity (Wildman–Crippen MR) is 60.8 cm³/mol. The minimum atomic E-state index is -0.921. The molecular formula is C12H24O3. The Kier molecular flexibility index (Phi) is 6.57. The lowest BCUT2D eigenvalue weighted by Crippen LogP contribution is -2.15. The van der Waals surface area contributed by atoms with Crippen molar-refractivity contribution in [3.05, 3.63) is 0 Å². The first-order valence-electron chi connectivity index (χ1n) is 5.77. The van der Waals surface area contributed by atoms with Crippen LogP contribution in [0.1, 0.15) is 59.3 Å².